The van der Waals surface area contributed by atoms with Crippen molar-refractivity contribution in [2.45, 2.75) is 72.0 Å². The van der Waals surface area contributed by atoms with Crippen LogP contribution in [0.4, 0.5) is 5.82 Å². The molecule has 3 heteroatoms. The number of pyridine rings is 1. The molecule has 0 spiro atoms. The second-order valence-electron chi connectivity index (χ2n) is 6.65. The van der Waals surface area contributed by atoms with Crippen LogP contribution in [-0.4, -0.2) is 35.1 Å². The normalized spacial score (nSPS) is 20.2. The average molecular weight is 289 g/mol. The highest BCUT2D eigenvalue weighted by molar-refractivity contribution is 5.50. The molecule has 2 rings (SSSR count). The van der Waals surface area contributed by atoms with Crippen LogP contribution in [0.3, 0.4) is 0 Å². The molecule has 118 valence electrons. The van der Waals surface area contributed by atoms with E-state index >= 15 is 0 Å². The summed E-state index contributed by atoms with van der Waals surface area (Å²) < 4.78 is 0. The molecule has 0 amide bonds. The van der Waals surface area contributed by atoms with E-state index in [1.165, 1.54) is 37.2 Å². The van der Waals surface area contributed by atoms with Crippen LogP contribution in [0.1, 0.15) is 65.5 Å². The van der Waals surface area contributed by atoms with E-state index in [9.17, 15) is 0 Å². The molecule has 1 fully saturated rings. The fourth-order valence-electron chi connectivity index (χ4n) is 3.69. The Balaban J connectivity index is 2.39. The van der Waals surface area contributed by atoms with Crippen molar-refractivity contribution >= 4 is 5.82 Å². The van der Waals surface area contributed by atoms with Crippen LogP contribution in [-0.2, 0) is 0 Å². The summed E-state index contributed by atoms with van der Waals surface area (Å²) >= 11 is 0. The molecule has 0 N–H and O–H groups in total. The van der Waals surface area contributed by atoms with Gasteiger partial charge in [-0.1, -0.05) is 19.4 Å². The number of hydrogen-bond acceptors (Lipinski definition) is 3. The minimum atomic E-state index is 0.470. The van der Waals surface area contributed by atoms with Gasteiger partial charge in [-0.2, -0.15) is 0 Å². The van der Waals surface area contributed by atoms with Gasteiger partial charge in [0.2, 0.25) is 0 Å². The van der Waals surface area contributed by atoms with Crippen LogP contribution in [0.5, 0.6) is 0 Å². The van der Waals surface area contributed by atoms with Crippen LogP contribution in [0.25, 0.3) is 0 Å². The second-order valence-corrected chi connectivity index (χ2v) is 6.65. The fourth-order valence-corrected chi connectivity index (χ4v) is 3.69. The van der Waals surface area contributed by atoms with Gasteiger partial charge in [0.25, 0.3) is 0 Å². The molecule has 0 saturated carbocycles. The maximum Gasteiger partial charge on any atom is 0.133 e. The third kappa shape index (κ3) is 3.57. The molecule has 1 atom stereocenters. The second kappa shape index (κ2) is 7.26. The lowest BCUT2D eigenvalue weighted by Crippen LogP contribution is -2.40. The molecule has 0 radical (unpaired) electrons. The largest absolute Gasteiger partial charge is 0.351 e. The van der Waals surface area contributed by atoms with Crippen molar-refractivity contribution in [1.82, 2.24) is 9.88 Å². The summed E-state index contributed by atoms with van der Waals surface area (Å²) in [6.07, 6.45) is 5.86. The maximum absolute atomic E-state index is 4.76. The van der Waals surface area contributed by atoms with Gasteiger partial charge in [0, 0.05) is 29.9 Å². The first-order chi connectivity index (χ1) is 10.1. The predicted molar refractivity (Wildman–Crippen MR) is 90.8 cm³/mol. The minimum Gasteiger partial charge on any atom is -0.351 e. The Kier molecular flexibility index (Phi) is 5.63. The van der Waals surface area contributed by atoms with Crippen LogP contribution >= 0.6 is 0 Å². The first-order valence-corrected chi connectivity index (χ1v) is 8.53. The van der Waals surface area contributed by atoms with Crippen molar-refractivity contribution in [2.24, 2.45) is 0 Å². The molecule has 1 aliphatic heterocycles. The van der Waals surface area contributed by atoms with Crippen molar-refractivity contribution in [3.05, 3.63) is 23.9 Å². The van der Waals surface area contributed by atoms with Gasteiger partial charge in [-0.05, 0) is 59.7 Å². The number of anilines is 1. The van der Waals surface area contributed by atoms with Gasteiger partial charge in [-0.3, -0.25) is 4.90 Å². The van der Waals surface area contributed by atoms with Crippen molar-refractivity contribution in [2.75, 3.05) is 18.0 Å². The highest BCUT2D eigenvalue weighted by atomic mass is 15.2. The summed E-state index contributed by atoms with van der Waals surface area (Å²) in [5, 5.41) is 0. The zero-order chi connectivity index (χ0) is 15.4. The molecule has 1 aromatic heterocycles. The molecule has 1 aliphatic rings. The standard InChI is InChI=1S/C18H31N3/c1-6-20-13-8-7-11-17(20)16-10-9-12-19-18(16)21(14(2)3)15(4)5/h9-10,12,14-15,17H,6-8,11,13H2,1-5H3/t17-/m1/s1. The van der Waals surface area contributed by atoms with E-state index in [2.05, 4.69) is 56.6 Å². The van der Waals surface area contributed by atoms with Gasteiger partial charge in [-0.15, -0.1) is 0 Å². The Morgan fingerprint density at radius 2 is 1.95 bits per heavy atom. The molecule has 1 saturated heterocycles. The van der Waals surface area contributed by atoms with Gasteiger partial charge in [-0.25, -0.2) is 4.98 Å². The van der Waals surface area contributed by atoms with E-state index in [0.29, 0.717) is 18.1 Å². The summed E-state index contributed by atoms with van der Waals surface area (Å²) in [7, 11) is 0. The fraction of sp³-hybridized carbons (Fsp3) is 0.722. The summed E-state index contributed by atoms with van der Waals surface area (Å²) in [6.45, 7) is 13.7. The molecule has 2 heterocycles. The third-order valence-electron chi connectivity index (χ3n) is 4.55. The number of rotatable bonds is 5. The molecular weight excluding hydrogens is 258 g/mol. The highest BCUT2D eigenvalue weighted by Crippen LogP contribution is 2.36. The van der Waals surface area contributed by atoms with Crippen LogP contribution in [0, 0.1) is 0 Å². The quantitative estimate of drug-likeness (QED) is 0.807. The van der Waals surface area contributed by atoms with Gasteiger partial charge in [0.15, 0.2) is 0 Å². The molecule has 0 aromatic carbocycles. The predicted octanol–water partition coefficient (Wildman–Crippen LogP) is 4.25. The molecule has 0 aliphatic carbocycles. The van der Waals surface area contributed by atoms with Crippen molar-refractivity contribution in [1.29, 1.82) is 0 Å². The number of likely N-dealkylation sites (tertiary alicyclic amines) is 1. The van der Waals surface area contributed by atoms with E-state index in [1.54, 1.807) is 0 Å². The number of piperidine rings is 1. The number of nitrogens with zero attached hydrogens (tertiary/aromatic N) is 3. The van der Waals surface area contributed by atoms with Crippen molar-refractivity contribution in [3.63, 3.8) is 0 Å². The Bertz CT molecular complexity index is 434. The molecule has 3 nitrogen and oxygen atoms in total. The molecular formula is C18H31N3. The zero-order valence-electron chi connectivity index (χ0n) is 14.3. The summed E-state index contributed by atoms with van der Waals surface area (Å²) in [5.41, 5.74) is 1.42. The lowest BCUT2D eigenvalue weighted by molar-refractivity contribution is 0.157. The average Bonchev–Trinajstić information content (AvgIpc) is 2.47. The first kappa shape index (κ1) is 16.3. The summed E-state index contributed by atoms with van der Waals surface area (Å²) in [4.78, 5) is 9.83. The number of aromatic nitrogens is 1. The van der Waals surface area contributed by atoms with E-state index in [0.717, 1.165) is 6.54 Å². The van der Waals surface area contributed by atoms with E-state index < -0.39 is 0 Å². The van der Waals surface area contributed by atoms with Crippen molar-refractivity contribution in [3.8, 4) is 0 Å². The lowest BCUT2D eigenvalue weighted by atomic mass is 9.95. The third-order valence-corrected chi connectivity index (χ3v) is 4.55. The Morgan fingerprint density at radius 3 is 2.57 bits per heavy atom. The smallest absolute Gasteiger partial charge is 0.133 e. The van der Waals surface area contributed by atoms with Gasteiger partial charge in [0.1, 0.15) is 5.82 Å². The zero-order valence-corrected chi connectivity index (χ0v) is 14.3. The van der Waals surface area contributed by atoms with Gasteiger partial charge < -0.3 is 4.90 Å². The van der Waals surface area contributed by atoms with Crippen LogP contribution in [0.15, 0.2) is 18.3 Å². The van der Waals surface area contributed by atoms with Crippen LogP contribution in [0.2, 0.25) is 0 Å². The Hall–Kier alpha value is -1.09. The maximum atomic E-state index is 4.76. The monoisotopic (exact) mass is 289 g/mol. The molecule has 0 bridgehead atoms. The van der Waals surface area contributed by atoms with Gasteiger partial charge >= 0.3 is 0 Å². The lowest BCUT2D eigenvalue weighted by Gasteiger charge is -2.39. The summed E-state index contributed by atoms with van der Waals surface area (Å²) in [6, 6.07) is 5.86. The van der Waals surface area contributed by atoms with Crippen LogP contribution < -0.4 is 4.90 Å². The summed E-state index contributed by atoms with van der Waals surface area (Å²) in [5.74, 6) is 1.19. The van der Waals surface area contributed by atoms with E-state index in [-0.39, 0.29) is 0 Å². The highest BCUT2D eigenvalue weighted by Gasteiger charge is 2.28. The number of hydrogen-bond donors (Lipinski definition) is 0. The Morgan fingerprint density at radius 1 is 1.24 bits per heavy atom. The van der Waals surface area contributed by atoms with Crippen molar-refractivity contribution < 1.29 is 0 Å². The molecule has 1 aromatic rings. The molecule has 0 unspecified atom stereocenters. The van der Waals surface area contributed by atoms with E-state index in [1.807, 2.05) is 6.20 Å². The topological polar surface area (TPSA) is 19.4 Å². The van der Waals surface area contributed by atoms with Gasteiger partial charge in [0.05, 0.1) is 0 Å². The Labute approximate surface area is 130 Å². The minimum absolute atomic E-state index is 0.470. The van der Waals surface area contributed by atoms with E-state index in [4.69, 9.17) is 4.98 Å². The molecule has 21 heavy (non-hydrogen) atoms. The first-order valence-electron chi connectivity index (χ1n) is 8.53. The SMILES string of the molecule is CCN1CCCC[C@@H]1c1cccnc1N(C(C)C)C(C)C.